The minimum atomic E-state index is -0.352. The van der Waals surface area contributed by atoms with Crippen LogP contribution in [-0.4, -0.2) is 38.9 Å². The monoisotopic (exact) mass is 539 g/mol. The van der Waals surface area contributed by atoms with Crippen molar-refractivity contribution in [2.24, 2.45) is 5.10 Å². The van der Waals surface area contributed by atoms with Crippen LogP contribution in [0.3, 0.4) is 0 Å². The third-order valence-electron chi connectivity index (χ3n) is 4.20. The van der Waals surface area contributed by atoms with Gasteiger partial charge < -0.3 is 14.4 Å². The zero-order valence-electron chi connectivity index (χ0n) is 17.5. The largest absolute Gasteiger partial charge is 0.497 e. The average molecular weight is 541 g/mol. The van der Waals surface area contributed by atoms with Crippen LogP contribution in [0.5, 0.6) is 11.5 Å². The molecule has 0 aliphatic carbocycles. The second-order valence-corrected chi connectivity index (χ2v) is 8.29. The number of hydrazone groups is 1. The third kappa shape index (κ3) is 7.32. The number of amides is 1. The molecular formula is C22H27Br2N3O3. The van der Waals surface area contributed by atoms with Crippen molar-refractivity contribution >= 4 is 49.7 Å². The highest BCUT2D eigenvalue weighted by atomic mass is 79.9. The number of methoxy groups -OCH3 is 1. The topological polar surface area (TPSA) is 63.2 Å². The maximum Gasteiger partial charge on any atom is 0.277 e. The first kappa shape index (κ1) is 24.2. The van der Waals surface area contributed by atoms with E-state index < -0.39 is 0 Å². The summed E-state index contributed by atoms with van der Waals surface area (Å²) < 4.78 is 12.1. The number of nitrogens with one attached hydrogen (secondary N) is 1. The molecule has 0 unspecified atom stereocenters. The van der Waals surface area contributed by atoms with Gasteiger partial charge in [-0.25, -0.2) is 5.43 Å². The molecule has 0 fully saturated rings. The fourth-order valence-corrected chi connectivity index (χ4v) is 4.20. The molecule has 0 bridgehead atoms. The molecule has 0 aliphatic rings. The number of hydrogen-bond donors (Lipinski definition) is 1. The minimum Gasteiger partial charge on any atom is -0.497 e. The van der Waals surface area contributed by atoms with Gasteiger partial charge in [0, 0.05) is 18.8 Å². The van der Waals surface area contributed by atoms with E-state index in [1.807, 2.05) is 12.1 Å². The second kappa shape index (κ2) is 12.6. The SMILES string of the molecule is CCCN(CCC)c1ccc(/C=N\NC(=O)COc2c(Br)cc(OC)cc2Br)cc1. The van der Waals surface area contributed by atoms with E-state index in [9.17, 15) is 4.79 Å². The first-order valence-corrected chi connectivity index (χ1v) is 11.4. The van der Waals surface area contributed by atoms with Crippen LogP contribution in [0.2, 0.25) is 0 Å². The lowest BCUT2D eigenvalue weighted by Crippen LogP contribution is -2.25. The number of nitrogens with zero attached hydrogens (tertiary/aromatic N) is 2. The molecule has 0 aromatic heterocycles. The lowest BCUT2D eigenvalue weighted by molar-refractivity contribution is -0.123. The average Bonchev–Trinajstić information content (AvgIpc) is 2.73. The van der Waals surface area contributed by atoms with E-state index >= 15 is 0 Å². The Morgan fingerprint density at radius 1 is 1.10 bits per heavy atom. The van der Waals surface area contributed by atoms with Crippen molar-refractivity contribution in [2.75, 3.05) is 31.7 Å². The molecule has 0 saturated heterocycles. The van der Waals surface area contributed by atoms with E-state index in [2.05, 4.69) is 73.3 Å². The highest BCUT2D eigenvalue weighted by Gasteiger charge is 2.11. The molecule has 0 radical (unpaired) electrons. The summed E-state index contributed by atoms with van der Waals surface area (Å²) in [5.41, 5.74) is 4.59. The molecule has 162 valence electrons. The fourth-order valence-electron chi connectivity index (χ4n) is 2.82. The maximum atomic E-state index is 12.0. The van der Waals surface area contributed by atoms with Crippen molar-refractivity contribution in [2.45, 2.75) is 26.7 Å². The van der Waals surface area contributed by atoms with Gasteiger partial charge in [-0.05, 0) is 74.5 Å². The highest BCUT2D eigenvalue weighted by molar-refractivity contribution is 9.11. The molecule has 1 amide bonds. The molecule has 0 aliphatic heterocycles. The molecule has 2 aromatic carbocycles. The Labute approximate surface area is 194 Å². The van der Waals surface area contributed by atoms with Crippen LogP contribution in [0.15, 0.2) is 50.4 Å². The van der Waals surface area contributed by atoms with Gasteiger partial charge in [0.2, 0.25) is 0 Å². The van der Waals surface area contributed by atoms with Crippen LogP contribution < -0.4 is 19.8 Å². The number of carbonyl (C=O) groups is 1. The third-order valence-corrected chi connectivity index (χ3v) is 5.38. The van der Waals surface area contributed by atoms with E-state index in [4.69, 9.17) is 9.47 Å². The van der Waals surface area contributed by atoms with Gasteiger partial charge in [-0.1, -0.05) is 26.0 Å². The van der Waals surface area contributed by atoms with Gasteiger partial charge in [0.1, 0.15) is 11.5 Å². The van der Waals surface area contributed by atoms with Crippen LogP contribution in [0.4, 0.5) is 5.69 Å². The molecule has 0 saturated carbocycles. The predicted molar refractivity (Wildman–Crippen MR) is 129 cm³/mol. The molecule has 2 rings (SSSR count). The normalized spacial score (nSPS) is 10.8. The first-order valence-electron chi connectivity index (χ1n) is 9.81. The molecular weight excluding hydrogens is 514 g/mol. The zero-order chi connectivity index (χ0) is 21.9. The quantitative estimate of drug-likeness (QED) is 0.307. The molecule has 8 heteroatoms. The summed E-state index contributed by atoms with van der Waals surface area (Å²) in [6.45, 7) is 6.28. The molecule has 0 atom stereocenters. The van der Waals surface area contributed by atoms with E-state index in [1.165, 1.54) is 5.69 Å². The van der Waals surface area contributed by atoms with Gasteiger partial charge in [0.15, 0.2) is 6.61 Å². The van der Waals surface area contributed by atoms with Crippen molar-refractivity contribution < 1.29 is 14.3 Å². The van der Waals surface area contributed by atoms with E-state index in [1.54, 1.807) is 25.5 Å². The summed E-state index contributed by atoms with van der Waals surface area (Å²) in [6, 6.07) is 11.7. The summed E-state index contributed by atoms with van der Waals surface area (Å²) in [5, 5.41) is 4.01. The van der Waals surface area contributed by atoms with Gasteiger partial charge in [0.25, 0.3) is 5.91 Å². The number of hydrogen-bond acceptors (Lipinski definition) is 5. The van der Waals surface area contributed by atoms with Crippen LogP contribution >= 0.6 is 31.9 Å². The smallest absolute Gasteiger partial charge is 0.277 e. The van der Waals surface area contributed by atoms with Crippen LogP contribution in [0, 0.1) is 0 Å². The van der Waals surface area contributed by atoms with Crippen molar-refractivity contribution in [3.05, 3.63) is 50.9 Å². The van der Waals surface area contributed by atoms with Gasteiger partial charge in [-0.2, -0.15) is 5.10 Å². The van der Waals surface area contributed by atoms with E-state index in [0.717, 1.165) is 31.5 Å². The Bertz CT molecular complexity index is 828. The summed E-state index contributed by atoms with van der Waals surface area (Å²) >= 11 is 6.82. The molecule has 2 aromatic rings. The Kier molecular flexibility index (Phi) is 10.2. The van der Waals surface area contributed by atoms with Crippen LogP contribution in [0.25, 0.3) is 0 Å². The van der Waals surface area contributed by atoms with E-state index in [-0.39, 0.29) is 12.5 Å². The Morgan fingerprint density at radius 3 is 2.23 bits per heavy atom. The fraction of sp³-hybridized carbons (Fsp3) is 0.364. The summed E-state index contributed by atoms with van der Waals surface area (Å²) in [4.78, 5) is 14.4. The number of carbonyl (C=O) groups excluding carboxylic acids is 1. The number of ether oxygens (including phenoxy) is 2. The number of benzene rings is 2. The summed E-state index contributed by atoms with van der Waals surface area (Å²) in [5.74, 6) is 0.845. The lowest BCUT2D eigenvalue weighted by Gasteiger charge is -2.23. The maximum absolute atomic E-state index is 12.0. The summed E-state index contributed by atoms with van der Waals surface area (Å²) in [7, 11) is 1.58. The van der Waals surface area contributed by atoms with Crippen molar-refractivity contribution in [3.8, 4) is 11.5 Å². The van der Waals surface area contributed by atoms with Gasteiger partial charge in [-0.3, -0.25) is 4.79 Å². The zero-order valence-corrected chi connectivity index (χ0v) is 20.6. The Hall–Kier alpha value is -2.06. The number of anilines is 1. The minimum absolute atomic E-state index is 0.164. The molecule has 6 nitrogen and oxygen atoms in total. The van der Waals surface area contributed by atoms with Crippen molar-refractivity contribution in [1.29, 1.82) is 0 Å². The van der Waals surface area contributed by atoms with Gasteiger partial charge >= 0.3 is 0 Å². The number of halogens is 2. The van der Waals surface area contributed by atoms with Crippen LogP contribution in [-0.2, 0) is 4.79 Å². The highest BCUT2D eigenvalue weighted by Crippen LogP contribution is 2.37. The van der Waals surface area contributed by atoms with Crippen molar-refractivity contribution in [1.82, 2.24) is 5.43 Å². The molecule has 0 heterocycles. The Balaban J connectivity index is 1.87. The molecule has 0 spiro atoms. The lowest BCUT2D eigenvalue weighted by atomic mass is 10.2. The Morgan fingerprint density at radius 2 is 1.70 bits per heavy atom. The number of rotatable bonds is 11. The van der Waals surface area contributed by atoms with Gasteiger partial charge in [-0.15, -0.1) is 0 Å². The molecule has 30 heavy (non-hydrogen) atoms. The van der Waals surface area contributed by atoms with Gasteiger partial charge in [0.05, 0.1) is 22.3 Å². The first-order chi connectivity index (χ1) is 14.5. The van der Waals surface area contributed by atoms with Crippen molar-refractivity contribution in [3.63, 3.8) is 0 Å². The van der Waals surface area contributed by atoms with E-state index in [0.29, 0.717) is 20.4 Å². The van der Waals surface area contributed by atoms with Crippen LogP contribution in [0.1, 0.15) is 32.3 Å². The summed E-state index contributed by atoms with van der Waals surface area (Å²) in [6.07, 6.45) is 3.84. The standard InChI is InChI=1S/C22H27Br2N3O3/c1-4-10-27(11-5-2)17-8-6-16(7-9-17)14-25-26-21(28)15-30-22-19(23)12-18(29-3)13-20(22)24/h6-9,12-14H,4-5,10-11,15H2,1-3H3,(H,26,28)/b25-14-. The molecule has 1 N–H and O–H groups in total. The second-order valence-electron chi connectivity index (χ2n) is 6.58. The predicted octanol–water partition coefficient (Wildman–Crippen LogP) is 5.38.